The summed E-state index contributed by atoms with van der Waals surface area (Å²) in [5, 5.41) is 2.57. The molecule has 4 rings (SSSR count). The molecule has 0 atom stereocenters. The average molecular weight is 258 g/mol. The van der Waals surface area contributed by atoms with Crippen molar-refractivity contribution in [1.29, 1.82) is 0 Å². The Morgan fingerprint density at radius 3 is 1.45 bits per heavy atom. The fraction of sp³-hybridized carbons (Fsp3) is 0. The molecular weight excluding hydrogens is 244 g/mol. The number of aromatic amines is 2. The van der Waals surface area contributed by atoms with Crippen molar-refractivity contribution >= 4 is 10.8 Å². The van der Waals surface area contributed by atoms with Crippen LogP contribution in [0.3, 0.4) is 0 Å². The maximum Gasteiger partial charge on any atom is 0.00843 e. The zero-order valence-corrected chi connectivity index (χ0v) is 10.9. The number of H-pyrrole nitrogens is 2. The highest BCUT2D eigenvalue weighted by Gasteiger charge is 2.08. The second kappa shape index (κ2) is 4.42. The number of fused-ring (bicyclic) bond motifs is 1. The third-order valence-corrected chi connectivity index (χ3v) is 3.74. The van der Waals surface area contributed by atoms with E-state index in [0.717, 1.165) is 0 Å². The Kier molecular flexibility index (Phi) is 2.46. The molecule has 0 saturated heterocycles. The third-order valence-electron chi connectivity index (χ3n) is 3.74. The van der Waals surface area contributed by atoms with Gasteiger partial charge in [-0.3, -0.25) is 0 Å². The molecule has 2 aromatic heterocycles. The highest BCUT2D eigenvalue weighted by atomic mass is 14.6. The molecular formula is C18H14N2. The summed E-state index contributed by atoms with van der Waals surface area (Å²) in [4.78, 5) is 6.26. The first-order valence-electron chi connectivity index (χ1n) is 6.71. The van der Waals surface area contributed by atoms with Gasteiger partial charge in [0, 0.05) is 24.8 Å². The van der Waals surface area contributed by atoms with Gasteiger partial charge in [-0.1, -0.05) is 36.4 Å². The smallest absolute Gasteiger partial charge is 0.00843 e. The second-order valence-corrected chi connectivity index (χ2v) is 4.91. The van der Waals surface area contributed by atoms with Crippen LogP contribution in [0, 0.1) is 0 Å². The third kappa shape index (κ3) is 1.66. The van der Waals surface area contributed by atoms with Crippen molar-refractivity contribution in [3.05, 3.63) is 73.3 Å². The SMILES string of the molecule is c1cc(-c2cc[nH]c2)c2cccc(-c3cc[nH]c3)c2c1. The molecule has 0 aliphatic heterocycles. The molecule has 0 unspecified atom stereocenters. The van der Waals surface area contributed by atoms with Crippen LogP contribution in [0.25, 0.3) is 33.0 Å². The molecule has 96 valence electrons. The van der Waals surface area contributed by atoms with Gasteiger partial charge in [0.2, 0.25) is 0 Å². The first kappa shape index (κ1) is 11.1. The number of aromatic nitrogens is 2. The molecule has 0 amide bonds. The van der Waals surface area contributed by atoms with E-state index in [4.69, 9.17) is 0 Å². The Labute approximate surface area is 117 Å². The summed E-state index contributed by atoms with van der Waals surface area (Å²) in [7, 11) is 0. The summed E-state index contributed by atoms with van der Waals surface area (Å²) < 4.78 is 0. The van der Waals surface area contributed by atoms with Gasteiger partial charge in [-0.05, 0) is 45.2 Å². The second-order valence-electron chi connectivity index (χ2n) is 4.91. The zero-order valence-electron chi connectivity index (χ0n) is 10.9. The van der Waals surface area contributed by atoms with Crippen LogP contribution in [0.1, 0.15) is 0 Å². The lowest BCUT2D eigenvalue weighted by Crippen LogP contribution is -1.83. The van der Waals surface area contributed by atoms with Gasteiger partial charge in [0.1, 0.15) is 0 Å². The number of hydrogen-bond acceptors (Lipinski definition) is 0. The van der Waals surface area contributed by atoms with Crippen molar-refractivity contribution in [2.24, 2.45) is 0 Å². The van der Waals surface area contributed by atoms with Crippen LogP contribution < -0.4 is 0 Å². The minimum atomic E-state index is 1.22. The molecule has 0 spiro atoms. The average Bonchev–Trinajstić information content (AvgIpc) is 3.19. The van der Waals surface area contributed by atoms with Crippen LogP contribution in [0.4, 0.5) is 0 Å². The van der Waals surface area contributed by atoms with Crippen molar-refractivity contribution in [1.82, 2.24) is 9.97 Å². The Balaban J connectivity index is 2.04. The summed E-state index contributed by atoms with van der Waals surface area (Å²) in [5.41, 5.74) is 4.98. The van der Waals surface area contributed by atoms with Crippen molar-refractivity contribution in [2.45, 2.75) is 0 Å². The summed E-state index contributed by atoms with van der Waals surface area (Å²) in [6.45, 7) is 0. The maximum absolute atomic E-state index is 3.13. The lowest BCUT2D eigenvalue weighted by atomic mass is 9.95. The molecule has 4 aromatic rings. The van der Waals surface area contributed by atoms with Gasteiger partial charge in [0.25, 0.3) is 0 Å². The van der Waals surface area contributed by atoms with Gasteiger partial charge < -0.3 is 9.97 Å². The minimum Gasteiger partial charge on any atom is -0.367 e. The van der Waals surface area contributed by atoms with Crippen molar-refractivity contribution in [3.63, 3.8) is 0 Å². The molecule has 0 saturated carbocycles. The molecule has 20 heavy (non-hydrogen) atoms. The van der Waals surface area contributed by atoms with Crippen LogP contribution in [-0.4, -0.2) is 9.97 Å². The molecule has 2 nitrogen and oxygen atoms in total. The van der Waals surface area contributed by atoms with Gasteiger partial charge in [-0.2, -0.15) is 0 Å². The Bertz CT molecular complexity index is 767. The number of rotatable bonds is 2. The highest BCUT2D eigenvalue weighted by molar-refractivity contribution is 6.04. The fourth-order valence-electron chi connectivity index (χ4n) is 2.80. The largest absolute Gasteiger partial charge is 0.367 e. The van der Waals surface area contributed by atoms with Gasteiger partial charge in [-0.25, -0.2) is 0 Å². The molecule has 0 aliphatic rings. The minimum absolute atomic E-state index is 1.22. The van der Waals surface area contributed by atoms with E-state index in [1.807, 2.05) is 24.8 Å². The van der Waals surface area contributed by atoms with E-state index in [0.29, 0.717) is 0 Å². The Morgan fingerprint density at radius 1 is 0.550 bits per heavy atom. The van der Waals surface area contributed by atoms with Crippen LogP contribution >= 0.6 is 0 Å². The normalized spacial score (nSPS) is 11.0. The van der Waals surface area contributed by atoms with E-state index in [-0.39, 0.29) is 0 Å². The Morgan fingerprint density at radius 2 is 1.05 bits per heavy atom. The zero-order chi connectivity index (χ0) is 13.4. The predicted octanol–water partition coefficient (Wildman–Crippen LogP) is 4.83. The molecule has 0 aliphatic carbocycles. The predicted molar refractivity (Wildman–Crippen MR) is 83.5 cm³/mol. The van der Waals surface area contributed by atoms with Gasteiger partial charge >= 0.3 is 0 Å². The summed E-state index contributed by atoms with van der Waals surface area (Å²) in [6.07, 6.45) is 8.00. The lowest BCUT2D eigenvalue weighted by molar-refractivity contribution is 1.41. The van der Waals surface area contributed by atoms with E-state index >= 15 is 0 Å². The molecule has 0 fully saturated rings. The van der Waals surface area contributed by atoms with Crippen molar-refractivity contribution < 1.29 is 0 Å². The van der Waals surface area contributed by atoms with E-state index in [1.165, 1.54) is 33.0 Å². The molecule has 2 heterocycles. The van der Waals surface area contributed by atoms with E-state index < -0.39 is 0 Å². The Hall–Kier alpha value is -2.74. The van der Waals surface area contributed by atoms with Crippen LogP contribution in [0.5, 0.6) is 0 Å². The standard InChI is InChI=1S/C18H14N2/c1-3-15(13-7-9-19-11-13)18-6-2-4-16(17(18)5-1)14-8-10-20-12-14/h1-12,19-20H. The van der Waals surface area contributed by atoms with Gasteiger partial charge in [0.05, 0.1) is 0 Å². The summed E-state index contributed by atoms with van der Waals surface area (Å²) >= 11 is 0. The highest BCUT2D eigenvalue weighted by Crippen LogP contribution is 2.34. The topological polar surface area (TPSA) is 31.6 Å². The fourth-order valence-corrected chi connectivity index (χ4v) is 2.80. The van der Waals surface area contributed by atoms with E-state index in [1.54, 1.807) is 0 Å². The van der Waals surface area contributed by atoms with Crippen molar-refractivity contribution in [2.75, 3.05) is 0 Å². The lowest BCUT2D eigenvalue weighted by Gasteiger charge is -2.09. The number of hydrogen-bond donors (Lipinski definition) is 2. The first-order valence-corrected chi connectivity index (χ1v) is 6.71. The van der Waals surface area contributed by atoms with Gasteiger partial charge in [0.15, 0.2) is 0 Å². The summed E-state index contributed by atoms with van der Waals surface area (Å²) in [6, 6.07) is 17.2. The molecule has 0 bridgehead atoms. The van der Waals surface area contributed by atoms with Crippen LogP contribution in [0.15, 0.2) is 73.3 Å². The first-order chi connectivity index (χ1) is 9.93. The monoisotopic (exact) mass is 258 g/mol. The molecule has 2 aromatic carbocycles. The molecule has 0 radical (unpaired) electrons. The maximum atomic E-state index is 3.13. The van der Waals surface area contributed by atoms with Crippen molar-refractivity contribution in [3.8, 4) is 22.3 Å². The van der Waals surface area contributed by atoms with E-state index in [2.05, 4.69) is 58.5 Å². The quantitative estimate of drug-likeness (QED) is 0.516. The molecule has 2 heteroatoms. The van der Waals surface area contributed by atoms with Gasteiger partial charge in [-0.15, -0.1) is 0 Å². The number of nitrogens with one attached hydrogen (secondary N) is 2. The van der Waals surface area contributed by atoms with Crippen LogP contribution in [-0.2, 0) is 0 Å². The molecule has 2 N–H and O–H groups in total. The number of benzene rings is 2. The summed E-state index contributed by atoms with van der Waals surface area (Å²) in [5.74, 6) is 0. The van der Waals surface area contributed by atoms with Crippen LogP contribution in [0.2, 0.25) is 0 Å². The van der Waals surface area contributed by atoms with E-state index in [9.17, 15) is 0 Å².